The highest BCUT2D eigenvalue weighted by atomic mass is 31.2. The van der Waals surface area contributed by atoms with E-state index in [2.05, 4.69) is 0 Å². The molecule has 0 aliphatic carbocycles. The molecule has 0 aliphatic rings. The first-order valence-electron chi connectivity index (χ1n) is 8.39. The number of rotatable bonds is 5. The molecular formula is C21H21O4P. The summed E-state index contributed by atoms with van der Waals surface area (Å²) in [6.07, 6.45) is 0. The van der Waals surface area contributed by atoms with Gasteiger partial charge >= 0.3 is 7.82 Å². The molecule has 0 saturated carbocycles. The van der Waals surface area contributed by atoms with Gasteiger partial charge in [-0.15, -0.1) is 0 Å². The van der Waals surface area contributed by atoms with Gasteiger partial charge in [0.1, 0.15) is 5.75 Å². The van der Waals surface area contributed by atoms with Gasteiger partial charge in [-0.25, -0.2) is 4.57 Å². The van der Waals surface area contributed by atoms with Crippen LogP contribution in [0, 0.1) is 0 Å². The van der Waals surface area contributed by atoms with E-state index in [1.807, 2.05) is 80.6 Å². The van der Waals surface area contributed by atoms with Crippen LogP contribution in [0.5, 0.6) is 5.75 Å². The molecular weight excluding hydrogens is 347 g/mol. The highest BCUT2D eigenvalue weighted by Crippen LogP contribution is 2.47. The van der Waals surface area contributed by atoms with E-state index in [0.29, 0.717) is 0 Å². The van der Waals surface area contributed by atoms with E-state index in [1.165, 1.54) is 0 Å². The Kier molecular flexibility index (Phi) is 5.28. The second-order valence-corrected chi connectivity index (χ2v) is 7.53. The molecule has 0 aliphatic heterocycles. The molecule has 3 aromatic carbocycles. The number of benzene rings is 3. The third kappa shape index (κ3) is 4.05. The zero-order valence-electron chi connectivity index (χ0n) is 14.7. The molecule has 3 rings (SSSR count). The van der Waals surface area contributed by atoms with E-state index < -0.39 is 7.82 Å². The molecule has 0 bridgehead atoms. The largest absolute Gasteiger partial charge is 0.524 e. The van der Waals surface area contributed by atoms with Gasteiger partial charge in [0.15, 0.2) is 0 Å². The monoisotopic (exact) mass is 368 g/mol. The summed E-state index contributed by atoms with van der Waals surface area (Å²) in [7, 11) is -4.65. The maximum atomic E-state index is 11.5. The predicted octanol–water partition coefficient (Wildman–Crippen LogP) is 5.62. The first kappa shape index (κ1) is 18.4. The molecule has 5 heteroatoms. The summed E-state index contributed by atoms with van der Waals surface area (Å²) in [6.45, 7) is 3.98. The smallest absolute Gasteiger partial charge is 0.404 e. The molecule has 0 radical (unpaired) electrons. The first-order valence-corrected chi connectivity index (χ1v) is 9.92. The lowest BCUT2D eigenvalue weighted by Crippen LogP contribution is -2.01. The van der Waals surface area contributed by atoms with E-state index in [0.717, 1.165) is 27.8 Å². The van der Waals surface area contributed by atoms with Crippen molar-refractivity contribution in [2.75, 3.05) is 0 Å². The van der Waals surface area contributed by atoms with Crippen LogP contribution in [0.15, 0.2) is 72.8 Å². The molecule has 2 N–H and O–H groups in total. The van der Waals surface area contributed by atoms with Gasteiger partial charge in [0.2, 0.25) is 0 Å². The van der Waals surface area contributed by atoms with Crippen molar-refractivity contribution in [3.63, 3.8) is 0 Å². The average Bonchev–Trinajstić information content (AvgIpc) is 2.61. The molecule has 0 unspecified atom stereocenters. The summed E-state index contributed by atoms with van der Waals surface area (Å²) in [5.41, 5.74) is 4.72. The van der Waals surface area contributed by atoms with Crippen molar-refractivity contribution in [2.45, 2.75) is 19.8 Å². The topological polar surface area (TPSA) is 66.8 Å². The maximum absolute atomic E-state index is 11.5. The van der Waals surface area contributed by atoms with Crippen LogP contribution in [0.4, 0.5) is 0 Å². The zero-order chi connectivity index (χ0) is 18.7. The predicted molar refractivity (Wildman–Crippen MR) is 104 cm³/mol. The van der Waals surface area contributed by atoms with E-state index in [9.17, 15) is 14.4 Å². The Morgan fingerprint density at radius 2 is 1.35 bits per heavy atom. The van der Waals surface area contributed by atoms with Crippen molar-refractivity contribution < 1.29 is 18.9 Å². The molecule has 3 aromatic rings. The molecule has 26 heavy (non-hydrogen) atoms. The van der Waals surface area contributed by atoms with Crippen LogP contribution in [0.1, 0.15) is 25.3 Å². The van der Waals surface area contributed by atoms with Crippen LogP contribution >= 0.6 is 7.82 Å². The SMILES string of the molecule is CC(C)c1c(OP(=O)(O)O)ccc(-c2ccccc2)c1-c1ccccc1. The summed E-state index contributed by atoms with van der Waals surface area (Å²) in [5.74, 6) is 0.224. The van der Waals surface area contributed by atoms with Crippen molar-refractivity contribution in [3.8, 4) is 28.0 Å². The van der Waals surface area contributed by atoms with Crippen LogP contribution < -0.4 is 4.52 Å². The fraction of sp³-hybridized carbons (Fsp3) is 0.143. The van der Waals surface area contributed by atoms with Gasteiger partial charge in [-0.3, -0.25) is 9.79 Å². The van der Waals surface area contributed by atoms with Crippen LogP contribution in [0.2, 0.25) is 0 Å². The maximum Gasteiger partial charge on any atom is 0.524 e. The Morgan fingerprint density at radius 3 is 1.85 bits per heavy atom. The van der Waals surface area contributed by atoms with Gasteiger partial charge in [-0.1, -0.05) is 80.6 Å². The van der Waals surface area contributed by atoms with Crippen molar-refractivity contribution >= 4 is 7.82 Å². The third-order valence-electron chi connectivity index (χ3n) is 4.15. The van der Waals surface area contributed by atoms with Crippen molar-refractivity contribution in [2.24, 2.45) is 0 Å². The fourth-order valence-corrected chi connectivity index (χ4v) is 3.57. The molecule has 0 heterocycles. The highest BCUT2D eigenvalue weighted by Gasteiger charge is 2.24. The molecule has 0 fully saturated rings. The Hall–Kier alpha value is -2.39. The standard InChI is InChI=1S/C21H21O4P/c1-15(2)20-19(25-26(22,23)24)14-13-18(16-9-5-3-6-10-16)21(20)17-11-7-4-8-12-17/h3-15H,1-2H3,(H2,22,23,24). The van der Waals surface area contributed by atoms with Gasteiger partial charge in [0, 0.05) is 5.56 Å². The number of phosphoric acid groups is 1. The van der Waals surface area contributed by atoms with E-state index in [4.69, 9.17) is 4.52 Å². The minimum Gasteiger partial charge on any atom is -0.404 e. The lowest BCUT2D eigenvalue weighted by Gasteiger charge is -2.22. The molecule has 0 spiro atoms. The van der Waals surface area contributed by atoms with Crippen LogP contribution in [0.3, 0.4) is 0 Å². The van der Waals surface area contributed by atoms with Crippen molar-refractivity contribution in [3.05, 3.63) is 78.4 Å². The van der Waals surface area contributed by atoms with E-state index in [-0.39, 0.29) is 11.7 Å². The summed E-state index contributed by atoms with van der Waals surface area (Å²) in [4.78, 5) is 18.6. The third-order valence-corrected chi connectivity index (χ3v) is 4.58. The summed E-state index contributed by atoms with van der Waals surface area (Å²) >= 11 is 0. The summed E-state index contributed by atoms with van der Waals surface area (Å²) in [5, 5.41) is 0. The average molecular weight is 368 g/mol. The zero-order valence-corrected chi connectivity index (χ0v) is 15.6. The number of hydrogen-bond acceptors (Lipinski definition) is 2. The van der Waals surface area contributed by atoms with Crippen LogP contribution in [-0.4, -0.2) is 9.79 Å². The second-order valence-electron chi connectivity index (χ2n) is 6.37. The molecule has 134 valence electrons. The van der Waals surface area contributed by atoms with E-state index >= 15 is 0 Å². The minimum atomic E-state index is -4.65. The van der Waals surface area contributed by atoms with Crippen LogP contribution in [0.25, 0.3) is 22.3 Å². The normalized spacial score (nSPS) is 11.6. The Balaban J connectivity index is 2.33. The highest BCUT2D eigenvalue weighted by molar-refractivity contribution is 7.46. The molecule has 0 amide bonds. The fourth-order valence-electron chi connectivity index (χ4n) is 3.16. The Bertz CT molecular complexity index is 931. The lowest BCUT2D eigenvalue weighted by molar-refractivity contribution is 0.282. The molecule has 0 aromatic heterocycles. The van der Waals surface area contributed by atoms with E-state index in [1.54, 1.807) is 6.07 Å². The molecule has 0 saturated heterocycles. The summed E-state index contributed by atoms with van der Waals surface area (Å²) < 4.78 is 16.5. The Morgan fingerprint density at radius 1 is 0.808 bits per heavy atom. The second kappa shape index (κ2) is 7.46. The van der Waals surface area contributed by atoms with Gasteiger partial charge < -0.3 is 4.52 Å². The lowest BCUT2D eigenvalue weighted by atomic mass is 9.85. The Labute approximate surface area is 153 Å². The number of hydrogen-bond donors (Lipinski definition) is 2. The molecule has 0 atom stereocenters. The van der Waals surface area contributed by atoms with Gasteiger partial charge in [-0.2, -0.15) is 0 Å². The molecule has 4 nitrogen and oxygen atoms in total. The summed E-state index contributed by atoms with van der Waals surface area (Å²) in [6, 6.07) is 23.3. The van der Waals surface area contributed by atoms with Crippen molar-refractivity contribution in [1.82, 2.24) is 0 Å². The number of phosphoric ester groups is 1. The van der Waals surface area contributed by atoms with Gasteiger partial charge in [0.05, 0.1) is 0 Å². The van der Waals surface area contributed by atoms with Crippen LogP contribution in [-0.2, 0) is 4.57 Å². The first-order chi connectivity index (χ1) is 12.4. The minimum absolute atomic E-state index is 0.00965. The van der Waals surface area contributed by atoms with Gasteiger partial charge in [-0.05, 0) is 34.2 Å². The van der Waals surface area contributed by atoms with Crippen molar-refractivity contribution in [1.29, 1.82) is 0 Å². The quantitative estimate of drug-likeness (QED) is 0.574. The van der Waals surface area contributed by atoms with Gasteiger partial charge in [0.25, 0.3) is 0 Å².